The lowest BCUT2D eigenvalue weighted by atomic mass is 10.1. The van der Waals surface area contributed by atoms with E-state index in [1.165, 1.54) is 12.8 Å². The van der Waals surface area contributed by atoms with E-state index in [4.69, 9.17) is 16.2 Å². The number of phenols is 1. The molecule has 0 radical (unpaired) electrons. The summed E-state index contributed by atoms with van der Waals surface area (Å²) in [4.78, 5) is 4.29. The maximum absolute atomic E-state index is 10.3. The van der Waals surface area contributed by atoms with Gasteiger partial charge in [0.2, 0.25) is 0 Å². The smallest absolute Gasteiger partial charge is 0.144 e. The molecule has 1 aromatic heterocycles. The molecule has 0 saturated heterocycles. The molecule has 7 heteroatoms. The number of aromatic hydroxyl groups is 1. The number of nitrogens with zero attached hydrogens (tertiary/aromatic N) is 2. The zero-order chi connectivity index (χ0) is 17.8. The summed E-state index contributed by atoms with van der Waals surface area (Å²) in [6, 6.07) is 8.82. The Bertz CT molecular complexity index is 812. The summed E-state index contributed by atoms with van der Waals surface area (Å²) in [6.45, 7) is 1.51. The first-order valence-corrected chi connectivity index (χ1v) is 8.23. The van der Waals surface area contributed by atoms with Crippen molar-refractivity contribution in [2.24, 2.45) is 11.7 Å². The molecule has 1 aliphatic carbocycles. The quantitative estimate of drug-likeness (QED) is 0.607. The number of nitrogen functional groups attached to an aromatic ring is 1. The van der Waals surface area contributed by atoms with Crippen LogP contribution in [0.4, 0.5) is 11.5 Å². The Morgan fingerprint density at radius 1 is 1.40 bits per heavy atom. The van der Waals surface area contributed by atoms with E-state index >= 15 is 0 Å². The van der Waals surface area contributed by atoms with Crippen molar-refractivity contribution in [3.63, 3.8) is 0 Å². The van der Waals surface area contributed by atoms with Crippen LogP contribution in [0.5, 0.6) is 11.5 Å². The highest BCUT2D eigenvalue weighted by molar-refractivity contribution is 5.80. The van der Waals surface area contributed by atoms with Crippen LogP contribution in [0.1, 0.15) is 18.4 Å². The summed E-state index contributed by atoms with van der Waals surface area (Å²) in [5.41, 5.74) is 13.2. The standard InChI is InChI=1S/C18H21N5O2/c19-6-7-22-13-8-14(23-18(21)12(13)9-20)17-15(24)2-1-3-16(17)25-10-11-4-5-11/h1-3,8,11,24H,4-7,10,19H2,(H3,21,22,23). The maximum atomic E-state index is 10.3. The van der Waals surface area contributed by atoms with Crippen LogP contribution in [0.15, 0.2) is 24.3 Å². The molecule has 0 amide bonds. The number of hydrogen-bond donors (Lipinski definition) is 4. The topological polar surface area (TPSA) is 130 Å². The van der Waals surface area contributed by atoms with E-state index in [2.05, 4.69) is 10.3 Å². The van der Waals surface area contributed by atoms with Crippen LogP contribution in [-0.4, -0.2) is 29.8 Å². The van der Waals surface area contributed by atoms with Gasteiger partial charge in [-0.15, -0.1) is 0 Å². The number of rotatable bonds is 7. The third-order valence-corrected chi connectivity index (χ3v) is 4.05. The van der Waals surface area contributed by atoms with E-state index in [9.17, 15) is 10.4 Å². The average Bonchev–Trinajstić information content (AvgIpc) is 3.42. The minimum atomic E-state index is 0.0506. The number of phenolic OH excluding ortho intramolecular Hbond substituents is 1. The number of ether oxygens (including phenoxy) is 1. The Hall–Kier alpha value is -2.98. The second-order valence-corrected chi connectivity index (χ2v) is 6.05. The summed E-state index contributed by atoms with van der Waals surface area (Å²) >= 11 is 0. The largest absolute Gasteiger partial charge is 0.507 e. The summed E-state index contributed by atoms with van der Waals surface area (Å²) in [5.74, 6) is 1.27. The summed E-state index contributed by atoms with van der Waals surface area (Å²) < 4.78 is 5.87. The van der Waals surface area contributed by atoms with Gasteiger partial charge in [-0.1, -0.05) is 6.07 Å². The molecule has 1 saturated carbocycles. The van der Waals surface area contributed by atoms with Crippen LogP contribution in [-0.2, 0) is 0 Å². The van der Waals surface area contributed by atoms with Gasteiger partial charge in [0, 0.05) is 13.1 Å². The fraction of sp³-hybridized carbons (Fsp3) is 0.333. The van der Waals surface area contributed by atoms with Gasteiger partial charge >= 0.3 is 0 Å². The van der Waals surface area contributed by atoms with Crippen molar-refractivity contribution >= 4 is 11.5 Å². The second kappa shape index (κ2) is 7.28. The predicted molar refractivity (Wildman–Crippen MR) is 96.2 cm³/mol. The summed E-state index contributed by atoms with van der Waals surface area (Å²) in [5, 5.41) is 22.7. The van der Waals surface area contributed by atoms with Gasteiger partial charge in [0.25, 0.3) is 0 Å². The first kappa shape index (κ1) is 16.9. The number of nitrogens with one attached hydrogen (secondary N) is 1. The third-order valence-electron chi connectivity index (χ3n) is 4.05. The van der Waals surface area contributed by atoms with E-state index in [0.29, 0.717) is 48.3 Å². The van der Waals surface area contributed by atoms with Gasteiger partial charge in [0.1, 0.15) is 28.9 Å². The van der Waals surface area contributed by atoms with Crippen LogP contribution in [0.3, 0.4) is 0 Å². The number of benzene rings is 1. The van der Waals surface area contributed by atoms with Crippen molar-refractivity contribution < 1.29 is 9.84 Å². The van der Waals surface area contributed by atoms with Crippen molar-refractivity contribution in [3.05, 3.63) is 29.8 Å². The van der Waals surface area contributed by atoms with Crippen LogP contribution in [0.2, 0.25) is 0 Å². The highest BCUT2D eigenvalue weighted by atomic mass is 16.5. The molecule has 1 aliphatic rings. The van der Waals surface area contributed by atoms with Gasteiger partial charge in [0.05, 0.1) is 23.6 Å². The molecular formula is C18H21N5O2. The number of nitriles is 1. The molecule has 0 aliphatic heterocycles. The molecule has 2 aromatic rings. The highest BCUT2D eigenvalue weighted by Gasteiger charge is 2.23. The van der Waals surface area contributed by atoms with E-state index < -0.39 is 0 Å². The third kappa shape index (κ3) is 3.75. The Morgan fingerprint density at radius 2 is 2.20 bits per heavy atom. The van der Waals surface area contributed by atoms with Crippen molar-refractivity contribution in [2.75, 3.05) is 30.7 Å². The first-order chi connectivity index (χ1) is 12.1. The molecule has 3 rings (SSSR count). The summed E-state index contributed by atoms with van der Waals surface area (Å²) in [7, 11) is 0. The van der Waals surface area contributed by atoms with Crippen LogP contribution < -0.4 is 21.5 Å². The fourth-order valence-corrected chi connectivity index (χ4v) is 2.55. The number of pyridine rings is 1. The number of anilines is 2. The molecule has 1 heterocycles. The minimum absolute atomic E-state index is 0.0506. The van der Waals surface area contributed by atoms with Gasteiger partial charge < -0.3 is 26.6 Å². The lowest BCUT2D eigenvalue weighted by Gasteiger charge is -2.15. The van der Waals surface area contributed by atoms with Crippen LogP contribution in [0, 0.1) is 17.2 Å². The molecule has 1 fully saturated rings. The van der Waals surface area contributed by atoms with Crippen molar-refractivity contribution in [1.82, 2.24) is 4.98 Å². The van der Waals surface area contributed by atoms with E-state index in [-0.39, 0.29) is 17.1 Å². The van der Waals surface area contributed by atoms with Crippen molar-refractivity contribution in [3.8, 4) is 28.8 Å². The lowest BCUT2D eigenvalue weighted by molar-refractivity contribution is 0.299. The zero-order valence-corrected chi connectivity index (χ0v) is 13.8. The Kier molecular flexibility index (Phi) is 4.91. The molecule has 0 atom stereocenters. The lowest BCUT2D eigenvalue weighted by Crippen LogP contribution is -2.15. The molecule has 0 unspecified atom stereocenters. The molecule has 1 aromatic carbocycles. The second-order valence-electron chi connectivity index (χ2n) is 6.05. The molecule has 6 N–H and O–H groups in total. The Labute approximate surface area is 146 Å². The first-order valence-electron chi connectivity index (χ1n) is 8.23. The van der Waals surface area contributed by atoms with E-state index in [1.54, 1.807) is 24.3 Å². The van der Waals surface area contributed by atoms with Crippen LogP contribution >= 0.6 is 0 Å². The minimum Gasteiger partial charge on any atom is -0.507 e. The normalized spacial score (nSPS) is 13.3. The van der Waals surface area contributed by atoms with E-state index in [0.717, 1.165) is 0 Å². The monoisotopic (exact) mass is 339 g/mol. The summed E-state index contributed by atoms with van der Waals surface area (Å²) in [6.07, 6.45) is 2.34. The molecule has 0 bridgehead atoms. The maximum Gasteiger partial charge on any atom is 0.144 e. The van der Waals surface area contributed by atoms with Crippen molar-refractivity contribution in [1.29, 1.82) is 5.26 Å². The Morgan fingerprint density at radius 3 is 2.88 bits per heavy atom. The molecule has 7 nitrogen and oxygen atoms in total. The molecule has 130 valence electrons. The van der Waals surface area contributed by atoms with Gasteiger partial charge in [0.15, 0.2) is 0 Å². The van der Waals surface area contributed by atoms with Gasteiger partial charge in [-0.2, -0.15) is 5.26 Å². The van der Waals surface area contributed by atoms with E-state index in [1.807, 2.05) is 6.07 Å². The number of nitrogens with two attached hydrogens (primary N) is 2. The highest BCUT2D eigenvalue weighted by Crippen LogP contribution is 2.40. The zero-order valence-electron chi connectivity index (χ0n) is 13.8. The SMILES string of the molecule is N#Cc1c(NCCN)cc(-c2c(O)cccc2OCC2CC2)nc1N. The molecule has 25 heavy (non-hydrogen) atoms. The van der Waals surface area contributed by atoms with Gasteiger partial charge in [-0.25, -0.2) is 4.98 Å². The predicted octanol–water partition coefficient (Wildman–Crippen LogP) is 2.07. The number of hydrogen-bond acceptors (Lipinski definition) is 7. The van der Waals surface area contributed by atoms with Gasteiger partial charge in [-0.3, -0.25) is 0 Å². The fourth-order valence-electron chi connectivity index (χ4n) is 2.55. The molecule has 0 spiro atoms. The van der Waals surface area contributed by atoms with Crippen LogP contribution in [0.25, 0.3) is 11.3 Å². The Balaban J connectivity index is 2.03. The number of aromatic nitrogens is 1. The van der Waals surface area contributed by atoms with Crippen molar-refractivity contribution in [2.45, 2.75) is 12.8 Å². The molecular weight excluding hydrogens is 318 g/mol. The average molecular weight is 339 g/mol. The van der Waals surface area contributed by atoms with Gasteiger partial charge in [-0.05, 0) is 37.0 Å².